The fourth-order valence-electron chi connectivity index (χ4n) is 1.25. The summed E-state index contributed by atoms with van der Waals surface area (Å²) >= 11 is 5.61. The zero-order chi connectivity index (χ0) is 11.8. The lowest BCUT2D eigenvalue weighted by Crippen LogP contribution is -2.03. The topological polar surface area (TPSA) is 34.1 Å². The van der Waals surface area contributed by atoms with Crippen molar-refractivity contribution in [3.63, 3.8) is 0 Å². The molecule has 0 aromatic heterocycles. The van der Waals surface area contributed by atoms with Crippen LogP contribution in [0.5, 0.6) is 0 Å². The predicted molar refractivity (Wildman–Crippen MR) is 59.4 cm³/mol. The van der Waals surface area contributed by atoms with E-state index >= 15 is 0 Å². The van der Waals surface area contributed by atoms with Crippen LogP contribution in [0, 0.1) is 19.7 Å². The molecule has 1 aromatic carbocycles. The molecule has 0 unspecified atom stereocenters. The Kier molecular flexibility index (Phi) is 3.63. The van der Waals surface area contributed by atoms with E-state index in [0.29, 0.717) is 5.56 Å². The highest BCUT2D eigenvalue weighted by Crippen LogP contribution is 2.27. The molecule has 0 atom stereocenters. The second-order valence-corrected chi connectivity index (χ2v) is 6.46. The minimum Gasteiger partial charge on any atom is -0.212 e. The molecular weight excluding hydrogens is 262 g/mol. The highest BCUT2D eigenvalue weighted by Gasteiger charge is 2.17. The van der Waals surface area contributed by atoms with Gasteiger partial charge in [-0.15, -0.1) is 0 Å². The largest absolute Gasteiger partial charge is 0.236 e. The lowest BCUT2D eigenvalue weighted by molar-refractivity contribution is 0.596. The fourth-order valence-corrected chi connectivity index (χ4v) is 2.55. The molecule has 0 heterocycles. The zero-order valence-corrected chi connectivity index (χ0v) is 10.5. The van der Waals surface area contributed by atoms with E-state index in [-0.39, 0.29) is 10.6 Å². The van der Waals surface area contributed by atoms with E-state index in [1.165, 1.54) is 6.07 Å². The monoisotopic (exact) mass is 270 g/mol. The van der Waals surface area contributed by atoms with E-state index in [1.807, 2.05) is 0 Å². The Labute approximate surface area is 97.4 Å². The van der Waals surface area contributed by atoms with Crippen molar-refractivity contribution in [1.29, 1.82) is 0 Å². The molecule has 0 amide bonds. The Morgan fingerprint density at radius 1 is 1.40 bits per heavy atom. The van der Waals surface area contributed by atoms with Crippen LogP contribution < -0.4 is 0 Å². The summed E-state index contributed by atoms with van der Waals surface area (Å²) in [5, 5.41) is -0.0894. The molecule has 1 rings (SSSR count). The van der Waals surface area contributed by atoms with Crippen molar-refractivity contribution in [2.75, 3.05) is 0 Å². The summed E-state index contributed by atoms with van der Waals surface area (Å²) in [4.78, 5) is 0. The number of rotatable bonds is 2. The quantitative estimate of drug-likeness (QED) is 0.774. The lowest BCUT2D eigenvalue weighted by atomic mass is 10.0. The van der Waals surface area contributed by atoms with Crippen molar-refractivity contribution in [2.45, 2.75) is 19.6 Å². The summed E-state index contributed by atoms with van der Waals surface area (Å²) in [6.45, 7) is 3.36. The summed E-state index contributed by atoms with van der Waals surface area (Å²) in [5.41, 5.74) is 1.33. The maximum atomic E-state index is 13.5. The van der Waals surface area contributed by atoms with E-state index in [0.717, 1.165) is 5.56 Å². The third kappa shape index (κ3) is 3.06. The summed E-state index contributed by atoms with van der Waals surface area (Å²) in [6, 6.07) is 1.45. The second kappa shape index (κ2) is 4.28. The van der Waals surface area contributed by atoms with Crippen LogP contribution in [0.15, 0.2) is 6.07 Å². The van der Waals surface area contributed by atoms with Crippen LogP contribution >= 0.6 is 22.3 Å². The minimum atomic E-state index is -3.78. The Hall–Kier alpha value is -0.320. The van der Waals surface area contributed by atoms with Crippen LogP contribution in [0.2, 0.25) is 5.02 Å². The number of hydrogen-bond acceptors (Lipinski definition) is 2. The van der Waals surface area contributed by atoms with Crippen molar-refractivity contribution in [1.82, 2.24) is 0 Å². The highest BCUT2D eigenvalue weighted by molar-refractivity contribution is 8.13. The first-order chi connectivity index (χ1) is 6.72. The number of halogens is 3. The maximum Gasteiger partial charge on any atom is 0.236 e. The molecule has 6 heteroatoms. The summed E-state index contributed by atoms with van der Waals surface area (Å²) in [7, 11) is 1.30. The van der Waals surface area contributed by atoms with Gasteiger partial charge in [-0.3, -0.25) is 0 Å². The van der Waals surface area contributed by atoms with Gasteiger partial charge in [0.15, 0.2) is 0 Å². The molecule has 0 spiro atoms. The van der Waals surface area contributed by atoms with Crippen molar-refractivity contribution < 1.29 is 12.8 Å². The molecule has 0 fully saturated rings. The molecule has 0 aliphatic carbocycles. The highest BCUT2D eigenvalue weighted by atomic mass is 35.7. The molecular formula is C9H9Cl2FO2S. The minimum absolute atomic E-state index is 0.0370. The fraction of sp³-hybridized carbons (Fsp3) is 0.333. The van der Waals surface area contributed by atoms with Gasteiger partial charge in [0.25, 0.3) is 0 Å². The van der Waals surface area contributed by atoms with Gasteiger partial charge in [0.1, 0.15) is 5.82 Å². The first-order valence-electron chi connectivity index (χ1n) is 4.09. The number of benzene rings is 1. The molecule has 0 bridgehead atoms. The molecule has 0 saturated heterocycles. The van der Waals surface area contributed by atoms with Crippen LogP contribution in [0.1, 0.15) is 16.7 Å². The first kappa shape index (κ1) is 12.7. The van der Waals surface area contributed by atoms with Gasteiger partial charge in [-0.2, -0.15) is 0 Å². The van der Waals surface area contributed by atoms with Gasteiger partial charge in [-0.1, -0.05) is 11.6 Å². The van der Waals surface area contributed by atoms with Crippen molar-refractivity contribution in [2.24, 2.45) is 0 Å². The van der Waals surface area contributed by atoms with E-state index in [9.17, 15) is 12.8 Å². The van der Waals surface area contributed by atoms with Gasteiger partial charge in [0, 0.05) is 16.2 Å². The smallest absolute Gasteiger partial charge is 0.212 e. The van der Waals surface area contributed by atoms with Crippen LogP contribution in [0.4, 0.5) is 4.39 Å². The zero-order valence-electron chi connectivity index (χ0n) is 8.14. The van der Waals surface area contributed by atoms with Gasteiger partial charge >= 0.3 is 0 Å². The third-order valence-electron chi connectivity index (χ3n) is 2.18. The molecule has 2 nitrogen and oxygen atoms in total. The van der Waals surface area contributed by atoms with Crippen LogP contribution in [0.3, 0.4) is 0 Å². The Morgan fingerprint density at radius 3 is 2.40 bits per heavy atom. The molecule has 0 saturated carbocycles. The summed E-state index contributed by atoms with van der Waals surface area (Å²) in [5.74, 6) is -1.27. The van der Waals surface area contributed by atoms with Gasteiger partial charge < -0.3 is 0 Å². The number of hydrogen-bond donors (Lipinski definition) is 0. The summed E-state index contributed by atoms with van der Waals surface area (Å²) in [6.07, 6.45) is 0. The molecule has 0 radical (unpaired) electrons. The van der Waals surface area contributed by atoms with E-state index in [1.54, 1.807) is 13.8 Å². The molecule has 0 aliphatic heterocycles. The second-order valence-electron chi connectivity index (χ2n) is 3.28. The van der Waals surface area contributed by atoms with E-state index in [2.05, 4.69) is 0 Å². The average molecular weight is 271 g/mol. The maximum absolute atomic E-state index is 13.5. The predicted octanol–water partition coefficient (Wildman–Crippen LogP) is 3.16. The van der Waals surface area contributed by atoms with E-state index in [4.69, 9.17) is 22.3 Å². The molecule has 84 valence electrons. The molecule has 0 aliphatic rings. The normalized spacial score (nSPS) is 11.8. The van der Waals surface area contributed by atoms with Crippen molar-refractivity contribution in [3.05, 3.63) is 33.6 Å². The van der Waals surface area contributed by atoms with Crippen molar-refractivity contribution in [3.8, 4) is 0 Å². The van der Waals surface area contributed by atoms with E-state index < -0.39 is 20.6 Å². The van der Waals surface area contributed by atoms with Gasteiger partial charge in [0.2, 0.25) is 9.05 Å². The molecule has 0 N–H and O–H groups in total. The molecule has 15 heavy (non-hydrogen) atoms. The van der Waals surface area contributed by atoms with Gasteiger partial charge in [0.05, 0.1) is 10.8 Å². The van der Waals surface area contributed by atoms with Gasteiger partial charge in [-0.05, 0) is 31.0 Å². The SMILES string of the molecule is Cc1cc(Cl)c(F)c(CS(=O)(=O)Cl)c1C. The Bertz CT molecular complexity index is 471. The lowest BCUT2D eigenvalue weighted by Gasteiger charge is -2.09. The number of aryl methyl sites for hydroxylation is 1. The molecule has 1 aromatic rings. The van der Waals surface area contributed by atoms with Crippen molar-refractivity contribution >= 4 is 31.3 Å². The standard InChI is InChI=1S/C9H9Cl2FO2S/c1-5-3-8(10)9(12)7(6(5)2)4-15(11,13)14/h3H,4H2,1-2H3. The third-order valence-corrected chi connectivity index (χ3v) is 3.41. The Balaban J connectivity index is 3.40. The van der Waals surface area contributed by atoms with Gasteiger partial charge in [-0.25, -0.2) is 12.8 Å². The van der Waals surface area contributed by atoms with Crippen LogP contribution in [0.25, 0.3) is 0 Å². The van der Waals surface area contributed by atoms with Crippen LogP contribution in [-0.2, 0) is 14.8 Å². The Morgan fingerprint density at radius 2 is 1.93 bits per heavy atom. The van der Waals surface area contributed by atoms with Crippen LogP contribution in [-0.4, -0.2) is 8.42 Å². The average Bonchev–Trinajstić information content (AvgIpc) is 2.08. The summed E-state index contributed by atoms with van der Waals surface area (Å²) < 4.78 is 35.3. The first-order valence-corrected chi connectivity index (χ1v) is 6.94.